The molecule has 0 fully saturated rings. The summed E-state index contributed by atoms with van der Waals surface area (Å²) in [5, 5.41) is 18.4. The van der Waals surface area contributed by atoms with Crippen molar-refractivity contribution in [2.75, 3.05) is 18.1 Å². The number of aryl methyl sites for hydroxylation is 1. The van der Waals surface area contributed by atoms with E-state index >= 15 is 0 Å². The third kappa shape index (κ3) is 6.49. The molecular formula is C43H41N7O2. The van der Waals surface area contributed by atoms with Crippen LogP contribution in [0.15, 0.2) is 146 Å². The Hall–Kier alpha value is -6.35. The molecule has 7 aromatic rings. The SMILES string of the molecule is CCCN(Cc1ccc(-c2ccccc2-c2nnnn2C(c2ccccc2)(c2ccccc2)c2ccccc2)cc1)c1nn(C)cc1C(=O)OCC. The van der Waals surface area contributed by atoms with Crippen molar-refractivity contribution in [1.82, 2.24) is 30.0 Å². The molecule has 52 heavy (non-hydrogen) atoms. The zero-order valence-electron chi connectivity index (χ0n) is 29.6. The molecule has 9 heteroatoms. The van der Waals surface area contributed by atoms with Gasteiger partial charge in [0.15, 0.2) is 11.6 Å². The predicted molar refractivity (Wildman–Crippen MR) is 204 cm³/mol. The second-order valence-electron chi connectivity index (χ2n) is 12.6. The van der Waals surface area contributed by atoms with Crippen LogP contribution >= 0.6 is 0 Å². The van der Waals surface area contributed by atoms with E-state index in [0.717, 1.165) is 51.9 Å². The molecule has 0 bridgehead atoms. The Balaban J connectivity index is 1.30. The zero-order chi connectivity index (χ0) is 35.9. The number of tetrazole rings is 1. The lowest BCUT2D eigenvalue weighted by Gasteiger charge is -2.36. The Morgan fingerprint density at radius 1 is 0.731 bits per heavy atom. The van der Waals surface area contributed by atoms with Crippen LogP contribution in [0.4, 0.5) is 5.82 Å². The molecule has 9 nitrogen and oxygen atoms in total. The van der Waals surface area contributed by atoms with Gasteiger partial charge in [0.05, 0.1) is 6.61 Å². The van der Waals surface area contributed by atoms with E-state index in [2.05, 4.69) is 131 Å². The van der Waals surface area contributed by atoms with Crippen molar-refractivity contribution < 1.29 is 9.53 Å². The summed E-state index contributed by atoms with van der Waals surface area (Å²) in [6.07, 6.45) is 2.63. The number of aromatic nitrogens is 6. The standard InChI is InChI=1S/C43H41N7O2/c1-4-29-49(41-39(31-48(3)45-41)42(51)52-5-2)30-32-25-27-33(28-26-32)37-23-15-16-24-38(37)40-44-46-47-50(40)43(34-17-9-6-10-18-34,35-19-11-7-12-20-35)36-21-13-8-14-22-36/h6-28,31H,4-5,29-30H2,1-3H3. The van der Waals surface area contributed by atoms with Crippen LogP contribution in [0.3, 0.4) is 0 Å². The summed E-state index contributed by atoms with van der Waals surface area (Å²) in [6.45, 7) is 5.57. The highest BCUT2D eigenvalue weighted by atomic mass is 16.5. The number of anilines is 1. The van der Waals surface area contributed by atoms with Gasteiger partial charge in [-0.2, -0.15) is 5.10 Å². The summed E-state index contributed by atoms with van der Waals surface area (Å²) in [5.41, 5.74) is 6.77. The lowest BCUT2D eigenvalue weighted by atomic mass is 9.77. The number of nitrogens with zero attached hydrogens (tertiary/aromatic N) is 7. The van der Waals surface area contributed by atoms with Gasteiger partial charge < -0.3 is 9.64 Å². The molecule has 2 heterocycles. The van der Waals surface area contributed by atoms with E-state index in [1.165, 1.54) is 0 Å². The fourth-order valence-electron chi connectivity index (χ4n) is 7.02. The number of rotatable bonds is 13. The Morgan fingerprint density at radius 2 is 1.29 bits per heavy atom. The van der Waals surface area contributed by atoms with Crippen molar-refractivity contribution in [2.45, 2.75) is 32.4 Å². The first-order valence-corrected chi connectivity index (χ1v) is 17.6. The third-order valence-electron chi connectivity index (χ3n) is 9.27. The molecule has 5 aromatic carbocycles. The van der Waals surface area contributed by atoms with Crippen molar-refractivity contribution in [3.05, 3.63) is 174 Å². The lowest BCUT2D eigenvalue weighted by molar-refractivity contribution is 0.0527. The smallest absolute Gasteiger partial charge is 0.343 e. The minimum atomic E-state index is -0.865. The zero-order valence-corrected chi connectivity index (χ0v) is 29.6. The summed E-state index contributed by atoms with van der Waals surface area (Å²) in [6, 6.07) is 48.1. The van der Waals surface area contributed by atoms with Crippen LogP contribution in [0.25, 0.3) is 22.5 Å². The number of hydrogen-bond acceptors (Lipinski definition) is 7. The van der Waals surface area contributed by atoms with Crippen LogP contribution in [0.1, 0.15) is 52.9 Å². The summed E-state index contributed by atoms with van der Waals surface area (Å²) >= 11 is 0. The van der Waals surface area contributed by atoms with Gasteiger partial charge in [0.25, 0.3) is 0 Å². The van der Waals surface area contributed by atoms with Crippen LogP contribution in [-0.2, 0) is 23.9 Å². The molecule has 0 atom stereocenters. The number of ether oxygens (including phenoxy) is 1. The minimum Gasteiger partial charge on any atom is -0.462 e. The average Bonchev–Trinajstić information content (AvgIpc) is 3.84. The van der Waals surface area contributed by atoms with Crippen molar-refractivity contribution in [1.29, 1.82) is 0 Å². The van der Waals surface area contributed by atoms with Gasteiger partial charge in [0.1, 0.15) is 11.1 Å². The maximum absolute atomic E-state index is 12.8. The maximum atomic E-state index is 12.8. The number of esters is 1. The molecule has 0 aliphatic heterocycles. The fraction of sp³-hybridized carbons (Fsp3) is 0.186. The first-order valence-electron chi connectivity index (χ1n) is 17.6. The largest absolute Gasteiger partial charge is 0.462 e. The predicted octanol–water partition coefficient (Wildman–Crippen LogP) is 8.17. The molecule has 0 radical (unpaired) electrons. The second kappa shape index (κ2) is 15.3. The molecule has 0 aliphatic rings. The van der Waals surface area contributed by atoms with Crippen LogP contribution in [0.5, 0.6) is 0 Å². The summed E-state index contributed by atoms with van der Waals surface area (Å²) in [4.78, 5) is 14.9. The molecule has 2 aromatic heterocycles. The molecular weight excluding hydrogens is 647 g/mol. The van der Waals surface area contributed by atoms with E-state index in [4.69, 9.17) is 15.0 Å². The van der Waals surface area contributed by atoms with Crippen molar-refractivity contribution in [3.63, 3.8) is 0 Å². The summed E-state index contributed by atoms with van der Waals surface area (Å²) in [5.74, 6) is 0.909. The van der Waals surface area contributed by atoms with Gasteiger partial charge in [-0.3, -0.25) is 4.68 Å². The number of hydrogen-bond donors (Lipinski definition) is 0. The van der Waals surface area contributed by atoms with Gasteiger partial charge in [0.2, 0.25) is 0 Å². The van der Waals surface area contributed by atoms with Crippen molar-refractivity contribution in [2.24, 2.45) is 7.05 Å². The highest BCUT2D eigenvalue weighted by molar-refractivity contribution is 5.94. The van der Waals surface area contributed by atoms with Crippen LogP contribution in [-0.4, -0.2) is 49.1 Å². The number of carbonyl (C=O) groups excluding carboxylic acids is 1. The molecule has 7 rings (SSSR count). The topological polar surface area (TPSA) is 91.0 Å². The van der Waals surface area contributed by atoms with Crippen LogP contribution in [0.2, 0.25) is 0 Å². The summed E-state index contributed by atoms with van der Waals surface area (Å²) in [7, 11) is 1.82. The quantitative estimate of drug-likeness (QED) is 0.0892. The molecule has 0 N–H and O–H groups in total. The summed E-state index contributed by atoms with van der Waals surface area (Å²) < 4.78 is 8.97. The number of benzene rings is 5. The molecule has 0 spiro atoms. The van der Waals surface area contributed by atoms with Gasteiger partial charge in [0, 0.05) is 31.9 Å². The van der Waals surface area contributed by atoms with E-state index in [9.17, 15) is 4.79 Å². The van der Waals surface area contributed by atoms with Crippen molar-refractivity contribution >= 4 is 11.8 Å². The Kier molecular flexibility index (Phi) is 10.0. The second-order valence-corrected chi connectivity index (χ2v) is 12.6. The van der Waals surface area contributed by atoms with Gasteiger partial charge in [-0.1, -0.05) is 146 Å². The number of carbonyl (C=O) groups is 1. The molecule has 0 saturated carbocycles. The highest BCUT2D eigenvalue weighted by Crippen LogP contribution is 2.43. The van der Waals surface area contributed by atoms with Gasteiger partial charge in [-0.05, 0) is 57.2 Å². The van der Waals surface area contributed by atoms with Gasteiger partial charge in [-0.15, -0.1) is 5.10 Å². The Bertz CT molecular complexity index is 2130. The average molecular weight is 688 g/mol. The molecule has 0 unspecified atom stereocenters. The highest BCUT2D eigenvalue weighted by Gasteiger charge is 2.42. The van der Waals surface area contributed by atoms with Crippen LogP contribution < -0.4 is 4.90 Å². The van der Waals surface area contributed by atoms with Gasteiger partial charge in [-0.25, -0.2) is 9.48 Å². The minimum absolute atomic E-state index is 0.308. The first kappa shape index (κ1) is 34.1. The van der Waals surface area contributed by atoms with E-state index in [1.54, 1.807) is 10.9 Å². The van der Waals surface area contributed by atoms with Crippen LogP contribution in [0, 0.1) is 0 Å². The monoisotopic (exact) mass is 687 g/mol. The van der Waals surface area contributed by atoms with E-state index in [-0.39, 0.29) is 5.97 Å². The van der Waals surface area contributed by atoms with E-state index in [0.29, 0.717) is 30.4 Å². The third-order valence-corrected chi connectivity index (χ3v) is 9.27. The fourth-order valence-corrected chi connectivity index (χ4v) is 7.02. The Morgan fingerprint density at radius 3 is 1.85 bits per heavy atom. The van der Waals surface area contributed by atoms with E-state index in [1.807, 2.05) is 49.0 Å². The van der Waals surface area contributed by atoms with Crippen molar-refractivity contribution in [3.8, 4) is 22.5 Å². The molecule has 0 amide bonds. The molecule has 0 saturated heterocycles. The molecule has 0 aliphatic carbocycles. The lowest BCUT2D eigenvalue weighted by Crippen LogP contribution is -2.39. The maximum Gasteiger partial charge on any atom is 0.343 e. The van der Waals surface area contributed by atoms with E-state index < -0.39 is 5.54 Å². The Labute approximate surface area is 304 Å². The molecule has 260 valence electrons. The normalized spacial score (nSPS) is 11.4. The first-order chi connectivity index (χ1) is 25.5. The van der Waals surface area contributed by atoms with Gasteiger partial charge >= 0.3 is 5.97 Å².